The highest BCUT2D eigenvalue weighted by atomic mass is 19.1. The Hall–Kier alpha value is -2.44. The number of aliphatic carboxylic acids is 1. The molecule has 1 aromatic rings. The molecule has 1 aromatic carbocycles. The van der Waals surface area contributed by atoms with E-state index in [1.165, 1.54) is 11.0 Å². The fourth-order valence-electron chi connectivity index (χ4n) is 3.01. The van der Waals surface area contributed by atoms with Crippen LogP contribution in [0.15, 0.2) is 18.2 Å². The van der Waals surface area contributed by atoms with Crippen molar-refractivity contribution in [3.8, 4) is 0 Å². The normalized spacial score (nSPS) is 26.3. The number of nitrogens with zero attached hydrogens (tertiary/aromatic N) is 1. The van der Waals surface area contributed by atoms with Gasteiger partial charge in [0.05, 0.1) is 5.41 Å². The molecule has 0 radical (unpaired) electrons. The number of rotatable bonds is 3. The second-order valence-corrected chi connectivity index (χ2v) is 5.64. The van der Waals surface area contributed by atoms with Gasteiger partial charge in [-0.05, 0) is 30.5 Å². The number of hydrogen-bond acceptors (Lipinski definition) is 3. The maximum absolute atomic E-state index is 13.5. The number of carboxylic acids is 1. The van der Waals surface area contributed by atoms with Crippen LogP contribution >= 0.6 is 0 Å². The summed E-state index contributed by atoms with van der Waals surface area (Å²) in [4.78, 5) is 36.0. The SMILES string of the molecule is NC(=O)c1cc(F)cc(C(=O)N2C[C@H]3C[C@@]3(C(=O)O)C2)c1. The van der Waals surface area contributed by atoms with Crippen molar-refractivity contribution in [1.82, 2.24) is 4.90 Å². The van der Waals surface area contributed by atoms with Crippen LogP contribution in [0.2, 0.25) is 0 Å². The molecule has 2 atom stereocenters. The molecule has 1 saturated heterocycles. The summed E-state index contributed by atoms with van der Waals surface area (Å²) in [5.41, 5.74) is 4.17. The number of primary amides is 1. The molecule has 3 N–H and O–H groups in total. The smallest absolute Gasteiger partial charge is 0.311 e. The van der Waals surface area contributed by atoms with Crippen molar-refractivity contribution in [3.63, 3.8) is 0 Å². The topological polar surface area (TPSA) is 101 Å². The standard InChI is InChI=1S/C14H13FN2O4/c15-10-2-7(11(16)18)1-8(3-10)12(19)17-5-9-4-14(9,6-17)13(20)21/h1-3,9H,4-6H2,(H2,16,18)(H,20,21)/t9-,14-/m1/s1. The number of fused-ring (bicyclic) bond motifs is 1. The van der Waals surface area contributed by atoms with Crippen molar-refractivity contribution in [2.45, 2.75) is 6.42 Å². The molecule has 1 aliphatic heterocycles. The summed E-state index contributed by atoms with van der Waals surface area (Å²) in [6.45, 7) is 0.460. The van der Waals surface area contributed by atoms with E-state index in [1.807, 2.05) is 0 Å². The third-order valence-electron chi connectivity index (χ3n) is 4.29. The van der Waals surface area contributed by atoms with Crippen LogP contribution in [0.4, 0.5) is 4.39 Å². The lowest BCUT2D eigenvalue weighted by Gasteiger charge is -2.19. The Balaban J connectivity index is 1.84. The second-order valence-electron chi connectivity index (χ2n) is 5.64. The molecule has 6 nitrogen and oxygen atoms in total. The van der Waals surface area contributed by atoms with E-state index in [2.05, 4.69) is 0 Å². The van der Waals surface area contributed by atoms with E-state index >= 15 is 0 Å². The highest BCUT2D eigenvalue weighted by molar-refractivity contribution is 5.99. The summed E-state index contributed by atoms with van der Waals surface area (Å²) in [7, 11) is 0. The van der Waals surface area contributed by atoms with E-state index in [1.54, 1.807) is 0 Å². The molecule has 1 heterocycles. The van der Waals surface area contributed by atoms with Crippen LogP contribution in [0.3, 0.4) is 0 Å². The molecule has 1 aliphatic carbocycles. The maximum atomic E-state index is 13.5. The number of amides is 2. The first-order valence-corrected chi connectivity index (χ1v) is 6.46. The lowest BCUT2D eigenvalue weighted by molar-refractivity contribution is -0.143. The maximum Gasteiger partial charge on any atom is 0.311 e. The van der Waals surface area contributed by atoms with Crippen molar-refractivity contribution in [2.24, 2.45) is 17.1 Å². The number of piperidine rings is 1. The summed E-state index contributed by atoms with van der Waals surface area (Å²) in [6.07, 6.45) is 0.571. The Kier molecular flexibility index (Phi) is 2.76. The number of hydrogen-bond donors (Lipinski definition) is 2. The zero-order valence-corrected chi connectivity index (χ0v) is 11.0. The average Bonchev–Trinajstić information content (AvgIpc) is 3.00. The molecule has 2 aliphatic rings. The van der Waals surface area contributed by atoms with Crippen LogP contribution in [-0.2, 0) is 4.79 Å². The highest BCUT2D eigenvalue weighted by Crippen LogP contribution is 2.58. The van der Waals surface area contributed by atoms with Gasteiger partial charge in [0.25, 0.3) is 5.91 Å². The van der Waals surface area contributed by atoms with Gasteiger partial charge in [-0.25, -0.2) is 4.39 Å². The van der Waals surface area contributed by atoms with Gasteiger partial charge in [0.15, 0.2) is 0 Å². The van der Waals surface area contributed by atoms with Crippen LogP contribution in [-0.4, -0.2) is 40.9 Å². The first-order chi connectivity index (χ1) is 9.83. The molecule has 1 saturated carbocycles. The monoisotopic (exact) mass is 292 g/mol. The van der Waals surface area contributed by atoms with Crippen LogP contribution in [0.5, 0.6) is 0 Å². The number of carboxylic acid groups (broad SMARTS) is 1. The summed E-state index contributed by atoms with van der Waals surface area (Å²) >= 11 is 0. The second kappa shape index (κ2) is 4.28. The molecule has 21 heavy (non-hydrogen) atoms. The van der Waals surface area contributed by atoms with Crippen LogP contribution in [0.25, 0.3) is 0 Å². The largest absolute Gasteiger partial charge is 0.481 e. The molecular formula is C14H13FN2O4. The molecular weight excluding hydrogens is 279 g/mol. The predicted octanol–water partition coefficient (Wildman–Crippen LogP) is 0.471. The Morgan fingerprint density at radius 3 is 2.52 bits per heavy atom. The van der Waals surface area contributed by atoms with Crippen LogP contribution in [0.1, 0.15) is 27.1 Å². The fraction of sp³-hybridized carbons (Fsp3) is 0.357. The van der Waals surface area contributed by atoms with Gasteiger partial charge in [0, 0.05) is 24.2 Å². The zero-order valence-electron chi connectivity index (χ0n) is 11.0. The molecule has 0 spiro atoms. The molecule has 2 amide bonds. The summed E-state index contributed by atoms with van der Waals surface area (Å²) in [5.74, 6) is -2.98. The predicted molar refractivity (Wildman–Crippen MR) is 69.0 cm³/mol. The number of benzene rings is 1. The first kappa shape index (κ1) is 13.5. The third-order valence-corrected chi connectivity index (χ3v) is 4.29. The minimum absolute atomic E-state index is 0.00522. The van der Waals surface area contributed by atoms with Crippen molar-refractivity contribution in [2.75, 3.05) is 13.1 Å². The fourth-order valence-corrected chi connectivity index (χ4v) is 3.01. The Morgan fingerprint density at radius 2 is 1.95 bits per heavy atom. The Morgan fingerprint density at radius 1 is 1.29 bits per heavy atom. The molecule has 110 valence electrons. The molecule has 0 unspecified atom stereocenters. The first-order valence-electron chi connectivity index (χ1n) is 6.46. The highest BCUT2D eigenvalue weighted by Gasteiger charge is 2.66. The van der Waals surface area contributed by atoms with Gasteiger partial charge in [-0.15, -0.1) is 0 Å². The number of nitrogens with two attached hydrogens (primary N) is 1. The van der Waals surface area contributed by atoms with E-state index in [9.17, 15) is 23.9 Å². The van der Waals surface area contributed by atoms with Gasteiger partial charge in [-0.3, -0.25) is 14.4 Å². The Labute approximate surface area is 119 Å². The summed E-state index contributed by atoms with van der Waals surface area (Å²) in [6, 6.07) is 3.20. The lowest BCUT2D eigenvalue weighted by atomic mass is 10.1. The van der Waals surface area contributed by atoms with Crippen LogP contribution in [0, 0.1) is 17.2 Å². The van der Waals surface area contributed by atoms with E-state index in [0.29, 0.717) is 13.0 Å². The molecule has 0 bridgehead atoms. The van der Waals surface area contributed by atoms with E-state index in [0.717, 1.165) is 12.1 Å². The van der Waals surface area contributed by atoms with Gasteiger partial charge < -0.3 is 15.7 Å². The molecule has 3 rings (SSSR count). The summed E-state index contributed by atoms with van der Waals surface area (Å²) < 4.78 is 13.5. The zero-order chi connectivity index (χ0) is 15.4. The third kappa shape index (κ3) is 2.05. The molecule has 2 fully saturated rings. The van der Waals surface area contributed by atoms with Gasteiger partial charge in [0.1, 0.15) is 5.82 Å². The van der Waals surface area contributed by atoms with Gasteiger partial charge in [-0.1, -0.05) is 0 Å². The van der Waals surface area contributed by atoms with Crippen molar-refractivity contribution in [3.05, 3.63) is 35.1 Å². The number of carbonyl (C=O) groups excluding carboxylic acids is 2. The van der Waals surface area contributed by atoms with Crippen molar-refractivity contribution < 1.29 is 23.9 Å². The van der Waals surface area contributed by atoms with Gasteiger partial charge >= 0.3 is 5.97 Å². The lowest BCUT2D eigenvalue weighted by Crippen LogP contribution is -2.34. The number of carbonyl (C=O) groups is 3. The minimum Gasteiger partial charge on any atom is -0.481 e. The van der Waals surface area contributed by atoms with Gasteiger partial charge in [0.2, 0.25) is 5.91 Å². The van der Waals surface area contributed by atoms with Crippen LogP contribution < -0.4 is 5.73 Å². The quantitative estimate of drug-likeness (QED) is 0.845. The number of halogens is 1. The molecule has 0 aromatic heterocycles. The van der Waals surface area contributed by atoms with Crippen molar-refractivity contribution >= 4 is 17.8 Å². The molecule has 7 heteroatoms. The van der Waals surface area contributed by atoms with Gasteiger partial charge in [-0.2, -0.15) is 0 Å². The van der Waals surface area contributed by atoms with Crippen molar-refractivity contribution in [1.29, 1.82) is 0 Å². The number of likely N-dealkylation sites (tertiary alicyclic amines) is 1. The van der Waals surface area contributed by atoms with E-state index < -0.39 is 29.0 Å². The van der Waals surface area contributed by atoms with E-state index in [4.69, 9.17) is 5.73 Å². The minimum atomic E-state index is -0.903. The summed E-state index contributed by atoms with van der Waals surface area (Å²) in [5, 5.41) is 9.19. The Bertz CT molecular complexity index is 675. The average molecular weight is 292 g/mol. The van der Waals surface area contributed by atoms with E-state index in [-0.39, 0.29) is 23.6 Å².